The van der Waals surface area contributed by atoms with Crippen LogP contribution in [0.2, 0.25) is 0 Å². The fourth-order valence-corrected chi connectivity index (χ4v) is 10.9. The van der Waals surface area contributed by atoms with Crippen molar-refractivity contribution in [1.82, 2.24) is 9.88 Å². The van der Waals surface area contributed by atoms with Crippen LogP contribution in [0.3, 0.4) is 0 Å². The first-order chi connectivity index (χ1) is 28.2. The maximum atomic E-state index is 5.11. The molecule has 0 spiro atoms. The quantitative estimate of drug-likeness (QED) is 0.186. The first kappa shape index (κ1) is 32.4. The summed E-state index contributed by atoms with van der Waals surface area (Å²) in [5.74, 6) is 1.55. The van der Waals surface area contributed by atoms with Crippen LogP contribution in [0.1, 0.15) is 22.9 Å². The molecule has 57 heavy (non-hydrogen) atoms. The number of thiophene rings is 2. The van der Waals surface area contributed by atoms with E-state index >= 15 is 0 Å². The summed E-state index contributed by atoms with van der Waals surface area (Å²) < 4.78 is 7.57. The van der Waals surface area contributed by atoms with Crippen molar-refractivity contribution in [2.75, 3.05) is 0 Å². The molecule has 0 amide bonds. The van der Waals surface area contributed by atoms with E-state index in [2.05, 4.69) is 168 Å². The van der Waals surface area contributed by atoms with E-state index in [0.717, 1.165) is 28.4 Å². The van der Waals surface area contributed by atoms with Gasteiger partial charge in [0.2, 0.25) is 0 Å². The van der Waals surface area contributed by atoms with Crippen LogP contribution in [0.5, 0.6) is 0 Å². The van der Waals surface area contributed by atoms with Gasteiger partial charge in [0.05, 0.1) is 21.4 Å². The predicted octanol–water partition coefficient (Wildman–Crippen LogP) is 13.7. The van der Waals surface area contributed by atoms with Crippen LogP contribution in [-0.4, -0.2) is 16.2 Å². The average molecular weight is 765 g/mol. The highest BCUT2D eigenvalue weighted by Gasteiger charge is 2.22. The molecule has 11 aromatic rings. The lowest BCUT2D eigenvalue weighted by molar-refractivity contribution is 0.674. The highest BCUT2D eigenvalue weighted by molar-refractivity contribution is 7.26. The van der Waals surface area contributed by atoms with Gasteiger partial charge in [-0.25, -0.2) is 9.98 Å². The van der Waals surface area contributed by atoms with E-state index < -0.39 is 0 Å². The lowest BCUT2D eigenvalue weighted by Gasteiger charge is -2.23. The standard InChI is InChI=1S/C51H32N4S2/c1-3-13-31(14-4-1)49-52-50(32-15-5-2-6-16-32)54-51(53-49)34-26-28-45-40(30-34)39-29-33(25-27-44(39)56-45)35-19-12-24-46-47(35)38-20-11-23-43(48(38)57-46)55-41-21-9-7-17-36(41)37-18-8-10-22-42(37)55/h1-30,49H,(H,52,53,54). The minimum atomic E-state index is -0.244. The van der Waals surface area contributed by atoms with Gasteiger partial charge in [-0.1, -0.05) is 127 Å². The third-order valence-corrected chi connectivity index (χ3v) is 13.6. The molecule has 0 saturated heterocycles. The molecule has 8 aromatic carbocycles. The molecule has 0 bridgehead atoms. The summed E-state index contributed by atoms with van der Waals surface area (Å²) in [6, 6.07) is 65.5. The molecule has 1 aliphatic rings. The fourth-order valence-electron chi connectivity index (χ4n) is 8.64. The Morgan fingerprint density at radius 2 is 1.11 bits per heavy atom. The van der Waals surface area contributed by atoms with E-state index in [1.807, 2.05) is 46.9 Å². The Kier molecular flexibility index (Phi) is 7.30. The van der Waals surface area contributed by atoms with Gasteiger partial charge in [-0.3, -0.25) is 0 Å². The number of fused-ring (bicyclic) bond motifs is 9. The second-order valence-corrected chi connectivity index (χ2v) is 16.7. The number of rotatable bonds is 5. The number of benzene rings is 8. The Bertz CT molecular complexity index is 3390. The van der Waals surface area contributed by atoms with Crippen LogP contribution in [-0.2, 0) is 0 Å². The van der Waals surface area contributed by atoms with E-state index in [1.165, 1.54) is 79.0 Å². The maximum absolute atomic E-state index is 5.11. The van der Waals surface area contributed by atoms with Crippen molar-refractivity contribution in [3.63, 3.8) is 0 Å². The van der Waals surface area contributed by atoms with Gasteiger partial charge < -0.3 is 9.88 Å². The van der Waals surface area contributed by atoms with Crippen LogP contribution in [0, 0.1) is 0 Å². The van der Waals surface area contributed by atoms with Crippen molar-refractivity contribution in [2.24, 2.45) is 9.98 Å². The summed E-state index contributed by atoms with van der Waals surface area (Å²) in [5.41, 5.74) is 9.29. The van der Waals surface area contributed by atoms with Gasteiger partial charge in [-0.2, -0.15) is 0 Å². The second-order valence-electron chi connectivity index (χ2n) is 14.6. The van der Waals surface area contributed by atoms with Gasteiger partial charge in [0, 0.05) is 57.5 Å². The first-order valence-corrected chi connectivity index (χ1v) is 20.8. The van der Waals surface area contributed by atoms with Crippen molar-refractivity contribution in [3.05, 3.63) is 199 Å². The number of hydrogen-bond acceptors (Lipinski definition) is 5. The van der Waals surface area contributed by atoms with Crippen molar-refractivity contribution in [3.8, 4) is 16.8 Å². The molecule has 0 radical (unpaired) electrons. The number of aromatic nitrogens is 1. The van der Waals surface area contributed by atoms with Crippen LogP contribution < -0.4 is 5.32 Å². The third kappa shape index (κ3) is 5.18. The molecule has 12 rings (SSSR count). The molecular formula is C51H32N4S2. The minimum absolute atomic E-state index is 0.244. The van der Waals surface area contributed by atoms with Crippen LogP contribution in [0.4, 0.5) is 0 Å². The van der Waals surface area contributed by atoms with Gasteiger partial charge in [0.25, 0.3) is 0 Å². The zero-order valence-corrected chi connectivity index (χ0v) is 32.2. The maximum Gasteiger partial charge on any atom is 0.159 e. The lowest BCUT2D eigenvalue weighted by Crippen LogP contribution is -2.33. The van der Waals surface area contributed by atoms with Crippen LogP contribution >= 0.6 is 22.7 Å². The summed E-state index contributed by atoms with van der Waals surface area (Å²) in [6.07, 6.45) is -0.244. The molecule has 268 valence electrons. The van der Waals surface area contributed by atoms with Crippen LogP contribution in [0.15, 0.2) is 192 Å². The number of hydrogen-bond donors (Lipinski definition) is 1. The molecule has 1 N–H and O–H groups in total. The Balaban J connectivity index is 0.999. The van der Waals surface area contributed by atoms with Crippen LogP contribution in [0.25, 0.3) is 79.0 Å². The van der Waals surface area contributed by atoms with E-state index in [9.17, 15) is 0 Å². The van der Waals surface area contributed by atoms with E-state index in [4.69, 9.17) is 9.98 Å². The van der Waals surface area contributed by atoms with Gasteiger partial charge in [0.1, 0.15) is 12.0 Å². The molecule has 4 heterocycles. The molecular weight excluding hydrogens is 733 g/mol. The van der Waals surface area contributed by atoms with Crippen molar-refractivity contribution in [1.29, 1.82) is 0 Å². The number of nitrogens with one attached hydrogen (secondary N) is 1. The number of amidine groups is 2. The highest BCUT2D eigenvalue weighted by atomic mass is 32.1. The molecule has 3 aromatic heterocycles. The van der Waals surface area contributed by atoms with Gasteiger partial charge in [0.15, 0.2) is 5.84 Å². The number of para-hydroxylation sites is 2. The molecule has 1 unspecified atom stereocenters. The Labute approximate surface area is 336 Å². The summed E-state index contributed by atoms with van der Waals surface area (Å²) in [6.45, 7) is 0. The van der Waals surface area contributed by atoms with Crippen molar-refractivity contribution in [2.45, 2.75) is 6.17 Å². The summed E-state index contributed by atoms with van der Waals surface area (Å²) in [4.78, 5) is 10.2. The number of nitrogens with zero attached hydrogens (tertiary/aromatic N) is 3. The molecule has 4 nitrogen and oxygen atoms in total. The average Bonchev–Trinajstić information content (AvgIpc) is 3.96. The zero-order chi connectivity index (χ0) is 37.5. The molecule has 0 saturated carbocycles. The molecule has 0 aliphatic carbocycles. The van der Waals surface area contributed by atoms with Crippen molar-refractivity contribution < 1.29 is 0 Å². The largest absolute Gasteiger partial charge is 0.344 e. The Hall–Kier alpha value is -6.86. The van der Waals surface area contributed by atoms with Gasteiger partial charge in [-0.05, 0) is 71.3 Å². The molecule has 1 atom stereocenters. The Morgan fingerprint density at radius 3 is 1.86 bits per heavy atom. The second kappa shape index (κ2) is 12.8. The fraction of sp³-hybridized carbons (Fsp3) is 0.0196. The van der Waals surface area contributed by atoms with E-state index in [-0.39, 0.29) is 6.17 Å². The summed E-state index contributed by atoms with van der Waals surface area (Å²) >= 11 is 3.73. The predicted molar refractivity (Wildman–Crippen MR) is 244 cm³/mol. The Morgan fingerprint density at radius 1 is 0.474 bits per heavy atom. The van der Waals surface area contributed by atoms with E-state index in [0.29, 0.717) is 0 Å². The van der Waals surface area contributed by atoms with Crippen molar-refractivity contribution >= 4 is 96.5 Å². The topological polar surface area (TPSA) is 41.7 Å². The third-order valence-electron chi connectivity index (χ3n) is 11.3. The highest BCUT2D eigenvalue weighted by Crippen LogP contribution is 2.45. The smallest absolute Gasteiger partial charge is 0.159 e. The van der Waals surface area contributed by atoms with Gasteiger partial charge in [-0.15, -0.1) is 22.7 Å². The molecule has 6 heteroatoms. The minimum Gasteiger partial charge on any atom is -0.344 e. The lowest BCUT2D eigenvalue weighted by atomic mass is 9.97. The zero-order valence-electron chi connectivity index (χ0n) is 30.6. The summed E-state index contributed by atoms with van der Waals surface area (Å²) in [7, 11) is 0. The first-order valence-electron chi connectivity index (χ1n) is 19.2. The SMILES string of the molecule is c1ccc(C2=NC(c3ccccc3)NC(c3ccc4sc5ccc(-c6cccc7sc8c(-n9c%10ccccc%10c%10ccccc%109)cccc8c67)cc5c4c3)=N2)cc1. The molecule has 0 fully saturated rings. The monoisotopic (exact) mass is 764 g/mol. The van der Waals surface area contributed by atoms with E-state index in [1.54, 1.807) is 0 Å². The van der Waals surface area contributed by atoms with Gasteiger partial charge >= 0.3 is 0 Å². The molecule has 1 aliphatic heterocycles. The number of aliphatic imine (C=N–C) groups is 2. The normalized spacial score (nSPS) is 14.5. The summed E-state index contributed by atoms with van der Waals surface area (Å²) in [5, 5.41) is 11.3.